The van der Waals surface area contributed by atoms with Gasteiger partial charge in [0.1, 0.15) is 5.82 Å². The Hall–Kier alpha value is -3.30. The van der Waals surface area contributed by atoms with Crippen molar-refractivity contribution in [2.75, 3.05) is 49.6 Å². The van der Waals surface area contributed by atoms with Crippen LogP contribution in [0, 0.1) is 0 Å². The summed E-state index contributed by atoms with van der Waals surface area (Å²) in [6, 6.07) is 5.81. The number of carbonyl (C=O) groups excluding carboxylic acids is 1. The average molecular weight is 461 g/mol. The first kappa shape index (κ1) is 22.9. The number of carbonyl (C=O) groups is 1. The number of anilines is 2. The molecule has 1 amide bonds. The van der Waals surface area contributed by atoms with Crippen molar-refractivity contribution in [3.63, 3.8) is 0 Å². The lowest BCUT2D eigenvalue weighted by Crippen LogP contribution is -2.49. The van der Waals surface area contributed by atoms with Gasteiger partial charge in [0.2, 0.25) is 5.91 Å². The highest BCUT2D eigenvalue weighted by Gasteiger charge is 2.35. The fourth-order valence-corrected chi connectivity index (χ4v) is 4.40. The van der Waals surface area contributed by atoms with Gasteiger partial charge in [0, 0.05) is 44.0 Å². The maximum absolute atomic E-state index is 13.6. The van der Waals surface area contributed by atoms with E-state index in [0.717, 1.165) is 17.4 Å². The molecule has 2 aliphatic rings. The van der Waals surface area contributed by atoms with Crippen LogP contribution in [0.15, 0.2) is 36.9 Å². The van der Waals surface area contributed by atoms with Gasteiger partial charge in [-0.05, 0) is 31.1 Å². The molecule has 2 aromatic rings. The van der Waals surface area contributed by atoms with Crippen LogP contribution in [-0.4, -0.2) is 60.6 Å². The minimum atomic E-state index is -4.44. The molecule has 1 aromatic carbocycles. The molecular weight excluding hydrogens is 435 g/mol. The summed E-state index contributed by atoms with van der Waals surface area (Å²) in [6.45, 7) is 6.49. The van der Waals surface area contributed by atoms with Crippen LogP contribution in [0.2, 0.25) is 0 Å². The van der Waals surface area contributed by atoms with E-state index in [1.165, 1.54) is 25.3 Å². The Morgan fingerprint density at radius 2 is 1.82 bits per heavy atom. The third kappa shape index (κ3) is 4.74. The molecule has 1 saturated heterocycles. The second-order valence-corrected chi connectivity index (χ2v) is 8.02. The van der Waals surface area contributed by atoms with Crippen molar-refractivity contribution in [2.45, 2.75) is 25.6 Å². The summed E-state index contributed by atoms with van der Waals surface area (Å²) in [5.41, 5.74) is 1.08. The molecule has 0 saturated carbocycles. The molecule has 0 spiro atoms. The Bertz CT molecular complexity index is 1040. The molecule has 0 unspecified atom stereocenters. The molecule has 7 nitrogen and oxygen atoms in total. The molecule has 0 atom stereocenters. The van der Waals surface area contributed by atoms with Crippen molar-refractivity contribution >= 4 is 17.4 Å². The minimum absolute atomic E-state index is 0.104. The molecule has 0 N–H and O–H groups in total. The van der Waals surface area contributed by atoms with Gasteiger partial charge in [-0.15, -0.1) is 0 Å². The number of halogens is 3. The molecule has 0 bridgehead atoms. The molecule has 0 radical (unpaired) electrons. The van der Waals surface area contributed by atoms with Crippen molar-refractivity contribution in [1.29, 1.82) is 0 Å². The Labute approximate surface area is 190 Å². The van der Waals surface area contributed by atoms with Crippen LogP contribution in [0.5, 0.6) is 6.01 Å². The van der Waals surface area contributed by atoms with Crippen LogP contribution < -0.4 is 14.5 Å². The standard InChI is InChI=1S/C23H26F3N5O2/c1-3-20(32)29-11-13-30(14-12-29)21-16-7-6-10-31(15-18(16)27-22(28-21)33-2)19-9-5-4-8-17(19)23(24,25)26/h3-5,8-9H,1,6-7,10-15H2,2H3. The van der Waals surface area contributed by atoms with Crippen LogP contribution in [0.1, 0.15) is 23.2 Å². The molecule has 10 heteroatoms. The van der Waals surface area contributed by atoms with Gasteiger partial charge in [-0.1, -0.05) is 18.7 Å². The predicted octanol–water partition coefficient (Wildman–Crippen LogP) is 3.29. The lowest BCUT2D eigenvalue weighted by Gasteiger charge is -2.36. The average Bonchev–Trinajstić information content (AvgIpc) is 3.05. The third-order valence-electron chi connectivity index (χ3n) is 6.04. The normalized spacial score (nSPS) is 16.8. The van der Waals surface area contributed by atoms with E-state index in [1.54, 1.807) is 15.9 Å². The third-order valence-corrected chi connectivity index (χ3v) is 6.04. The Morgan fingerprint density at radius 3 is 2.48 bits per heavy atom. The van der Waals surface area contributed by atoms with Crippen molar-refractivity contribution in [3.05, 3.63) is 53.7 Å². The van der Waals surface area contributed by atoms with E-state index in [4.69, 9.17) is 4.74 Å². The van der Waals surface area contributed by atoms with Crippen molar-refractivity contribution in [1.82, 2.24) is 14.9 Å². The number of piperazine rings is 1. The number of hydrogen-bond acceptors (Lipinski definition) is 6. The summed E-state index contributed by atoms with van der Waals surface area (Å²) >= 11 is 0. The predicted molar refractivity (Wildman–Crippen MR) is 118 cm³/mol. The smallest absolute Gasteiger partial charge is 0.418 e. The van der Waals surface area contributed by atoms with Gasteiger partial charge in [0.25, 0.3) is 0 Å². The van der Waals surface area contributed by atoms with Crippen molar-refractivity contribution in [2.24, 2.45) is 0 Å². The van der Waals surface area contributed by atoms with E-state index in [1.807, 2.05) is 0 Å². The number of ether oxygens (including phenoxy) is 1. The highest BCUT2D eigenvalue weighted by Crippen LogP contribution is 2.38. The van der Waals surface area contributed by atoms with Crippen molar-refractivity contribution in [3.8, 4) is 6.01 Å². The topological polar surface area (TPSA) is 61.8 Å². The first-order chi connectivity index (χ1) is 15.8. The summed E-state index contributed by atoms with van der Waals surface area (Å²) in [4.78, 5) is 26.6. The number of para-hydroxylation sites is 1. The number of amides is 1. The van der Waals surface area contributed by atoms with E-state index in [-0.39, 0.29) is 24.1 Å². The van der Waals surface area contributed by atoms with Crippen LogP contribution in [0.25, 0.3) is 0 Å². The van der Waals surface area contributed by atoms with E-state index in [2.05, 4.69) is 21.4 Å². The van der Waals surface area contributed by atoms with Gasteiger partial charge in [-0.25, -0.2) is 0 Å². The second kappa shape index (κ2) is 9.29. The number of alkyl halides is 3. The highest BCUT2D eigenvalue weighted by atomic mass is 19.4. The van der Waals surface area contributed by atoms with Gasteiger partial charge < -0.3 is 19.4 Å². The van der Waals surface area contributed by atoms with E-state index in [9.17, 15) is 18.0 Å². The lowest BCUT2D eigenvalue weighted by atomic mass is 10.1. The number of fused-ring (bicyclic) bond motifs is 1. The Kier molecular flexibility index (Phi) is 6.44. The van der Waals surface area contributed by atoms with Crippen LogP contribution in [0.4, 0.5) is 24.7 Å². The number of hydrogen-bond donors (Lipinski definition) is 0. The van der Waals surface area contributed by atoms with Gasteiger partial charge in [-0.2, -0.15) is 23.1 Å². The molecule has 4 rings (SSSR count). The number of nitrogens with zero attached hydrogens (tertiary/aromatic N) is 5. The fraction of sp³-hybridized carbons (Fsp3) is 0.435. The number of rotatable bonds is 4. The summed E-state index contributed by atoms with van der Waals surface area (Å²) in [6.07, 6.45) is -1.83. The first-order valence-corrected chi connectivity index (χ1v) is 10.8. The zero-order valence-corrected chi connectivity index (χ0v) is 18.4. The van der Waals surface area contributed by atoms with Crippen LogP contribution >= 0.6 is 0 Å². The molecule has 176 valence electrons. The fourth-order valence-electron chi connectivity index (χ4n) is 4.40. The largest absolute Gasteiger partial charge is 0.467 e. The summed E-state index contributed by atoms with van der Waals surface area (Å²) in [5, 5.41) is 0. The monoisotopic (exact) mass is 461 g/mol. The summed E-state index contributed by atoms with van der Waals surface area (Å²) in [7, 11) is 1.47. The summed E-state index contributed by atoms with van der Waals surface area (Å²) < 4.78 is 46.2. The number of benzene rings is 1. The van der Waals surface area contributed by atoms with E-state index < -0.39 is 11.7 Å². The van der Waals surface area contributed by atoms with Gasteiger partial charge in [-0.3, -0.25) is 4.79 Å². The minimum Gasteiger partial charge on any atom is -0.467 e. The Balaban J connectivity index is 1.66. The summed E-state index contributed by atoms with van der Waals surface area (Å²) in [5.74, 6) is 0.626. The van der Waals surface area contributed by atoms with Gasteiger partial charge in [0.15, 0.2) is 0 Å². The molecule has 33 heavy (non-hydrogen) atoms. The van der Waals surface area contributed by atoms with Gasteiger partial charge in [0.05, 0.1) is 24.9 Å². The SMILES string of the molecule is C=CC(=O)N1CCN(c2nc(OC)nc3c2CCCN(c2ccccc2C(F)(F)F)C3)CC1. The maximum Gasteiger partial charge on any atom is 0.418 e. The van der Waals surface area contributed by atoms with Crippen LogP contribution in [-0.2, 0) is 23.9 Å². The van der Waals surface area contributed by atoms with E-state index in [0.29, 0.717) is 51.3 Å². The second-order valence-electron chi connectivity index (χ2n) is 8.02. The zero-order chi connectivity index (χ0) is 23.6. The molecule has 0 aliphatic carbocycles. The quantitative estimate of drug-likeness (QED) is 0.652. The van der Waals surface area contributed by atoms with Crippen molar-refractivity contribution < 1.29 is 22.7 Å². The number of methoxy groups -OCH3 is 1. The molecule has 1 fully saturated rings. The molecule has 1 aromatic heterocycles. The molecule has 3 heterocycles. The maximum atomic E-state index is 13.6. The molecule has 2 aliphatic heterocycles. The van der Waals surface area contributed by atoms with E-state index >= 15 is 0 Å². The van der Waals surface area contributed by atoms with Gasteiger partial charge >= 0.3 is 12.2 Å². The zero-order valence-electron chi connectivity index (χ0n) is 18.4. The first-order valence-electron chi connectivity index (χ1n) is 10.8. The lowest BCUT2D eigenvalue weighted by molar-refractivity contribution is -0.137. The molecular formula is C23H26F3N5O2. The Morgan fingerprint density at radius 1 is 1.09 bits per heavy atom. The number of aromatic nitrogens is 2. The highest BCUT2D eigenvalue weighted by molar-refractivity contribution is 5.87. The van der Waals surface area contributed by atoms with Crippen LogP contribution in [0.3, 0.4) is 0 Å².